The Morgan fingerprint density at radius 1 is 1.13 bits per heavy atom. The average molecular weight is 327 g/mol. The highest BCUT2D eigenvalue weighted by molar-refractivity contribution is 7.16. The first-order valence-corrected chi connectivity index (χ1v) is 7.61. The Bertz CT molecular complexity index is 936. The Balaban J connectivity index is 1.57. The maximum absolute atomic E-state index is 12.9. The zero-order chi connectivity index (χ0) is 15.6. The Morgan fingerprint density at radius 3 is 2.78 bits per heavy atom. The molecule has 0 spiro atoms. The first kappa shape index (κ1) is 13.8. The molecular formula is C15H10FN5OS. The summed E-state index contributed by atoms with van der Waals surface area (Å²) in [5, 5.41) is 13.5. The summed E-state index contributed by atoms with van der Waals surface area (Å²) < 4.78 is 20.1. The van der Waals surface area contributed by atoms with Gasteiger partial charge in [0, 0.05) is 18.0 Å². The van der Waals surface area contributed by atoms with Crippen molar-refractivity contribution < 1.29 is 9.13 Å². The van der Waals surface area contributed by atoms with Crippen LogP contribution in [-0.2, 0) is 6.61 Å². The van der Waals surface area contributed by atoms with E-state index in [9.17, 15) is 4.39 Å². The number of fused-ring (bicyclic) bond motifs is 1. The number of ether oxygens (including phenoxy) is 1. The molecule has 0 saturated carbocycles. The molecule has 0 bridgehead atoms. The van der Waals surface area contributed by atoms with Gasteiger partial charge in [0.2, 0.25) is 4.96 Å². The van der Waals surface area contributed by atoms with E-state index in [4.69, 9.17) is 4.74 Å². The molecule has 0 aliphatic heterocycles. The van der Waals surface area contributed by atoms with Crippen LogP contribution in [0.5, 0.6) is 5.75 Å². The maximum atomic E-state index is 12.9. The number of hydrogen-bond acceptors (Lipinski definition) is 6. The number of pyridine rings is 1. The van der Waals surface area contributed by atoms with Crippen LogP contribution in [0, 0.1) is 5.82 Å². The Kier molecular flexibility index (Phi) is 3.43. The van der Waals surface area contributed by atoms with E-state index in [0.29, 0.717) is 16.5 Å². The summed E-state index contributed by atoms with van der Waals surface area (Å²) in [6.45, 7) is 0.284. The highest BCUT2D eigenvalue weighted by atomic mass is 32.1. The second-order valence-corrected chi connectivity index (χ2v) is 5.74. The van der Waals surface area contributed by atoms with Crippen LogP contribution < -0.4 is 4.74 Å². The smallest absolute Gasteiger partial charge is 0.235 e. The third-order valence-corrected chi connectivity index (χ3v) is 4.00. The summed E-state index contributed by atoms with van der Waals surface area (Å²) in [4.78, 5) is 4.76. The van der Waals surface area contributed by atoms with Crippen molar-refractivity contribution in [2.24, 2.45) is 0 Å². The highest BCUT2D eigenvalue weighted by Crippen LogP contribution is 2.22. The molecule has 0 aliphatic rings. The fourth-order valence-corrected chi connectivity index (χ4v) is 2.81. The van der Waals surface area contributed by atoms with E-state index in [1.54, 1.807) is 29.0 Å². The van der Waals surface area contributed by atoms with Crippen LogP contribution in [-0.4, -0.2) is 24.8 Å². The van der Waals surface area contributed by atoms with Crippen LogP contribution in [0.1, 0.15) is 5.01 Å². The van der Waals surface area contributed by atoms with Gasteiger partial charge in [-0.15, -0.1) is 10.2 Å². The third kappa shape index (κ3) is 2.76. The number of hydrogen-bond donors (Lipinski definition) is 0. The van der Waals surface area contributed by atoms with Gasteiger partial charge in [-0.05, 0) is 36.4 Å². The van der Waals surface area contributed by atoms with Crippen molar-refractivity contribution in [3.63, 3.8) is 0 Å². The highest BCUT2D eigenvalue weighted by Gasteiger charge is 2.13. The van der Waals surface area contributed by atoms with Crippen molar-refractivity contribution in [1.29, 1.82) is 0 Å². The molecule has 114 valence electrons. The van der Waals surface area contributed by atoms with Crippen LogP contribution in [0.15, 0.2) is 48.8 Å². The van der Waals surface area contributed by atoms with Crippen molar-refractivity contribution in [2.75, 3.05) is 0 Å². The lowest BCUT2D eigenvalue weighted by Gasteiger charge is -2.02. The van der Waals surface area contributed by atoms with Gasteiger partial charge in [-0.25, -0.2) is 4.39 Å². The Morgan fingerprint density at radius 2 is 2.00 bits per heavy atom. The fourth-order valence-electron chi connectivity index (χ4n) is 2.07. The first-order chi connectivity index (χ1) is 11.3. The molecule has 0 atom stereocenters. The van der Waals surface area contributed by atoms with Crippen LogP contribution in [0.3, 0.4) is 0 Å². The molecule has 6 nitrogen and oxygen atoms in total. The monoisotopic (exact) mass is 327 g/mol. The minimum absolute atomic E-state index is 0.284. The minimum atomic E-state index is -0.294. The average Bonchev–Trinajstić information content (AvgIpc) is 3.15. The van der Waals surface area contributed by atoms with Crippen LogP contribution >= 0.6 is 11.3 Å². The molecule has 4 aromatic rings. The topological polar surface area (TPSA) is 65.2 Å². The van der Waals surface area contributed by atoms with Gasteiger partial charge in [-0.2, -0.15) is 9.61 Å². The van der Waals surface area contributed by atoms with Crippen molar-refractivity contribution in [1.82, 2.24) is 24.8 Å². The first-order valence-electron chi connectivity index (χ1n) is 6.79. The van der Waals surface area contributed by atoms with Crippen molar-refractivity contribution >= 4 is 16.3 Å². The molecule has 23 heavy (non-hydrogen) atoms. The number of rotatable bonds is 4. The molecule has 0 N–H and O–H groups in total. The van der Waals surface area contributed by atoms with Crippen LogP contribution in [0.25, 0.3) is 16.3 Å². The minimum Gasteiger partial charge on any atom is -0.486 e. The molecular weight excluding hydrogens is 317 g/mol. The number of nitrogens with zero attached hydrogens (tertiary/aromatic N) is 5. The second kappa shape index (κ2) is 5.73. The van der Waals surface area contributed by atoms with Crippen LogP contribution in [0.4, 0.5) is 4.39 Å². The molecule has 0 aliphatic carbocycles. The SMILES string of the molecule is Fc1ccc(OCc2nn3c(-c4cccnc4)nnc3s2)cc1. The second-order valence-electron chi connectivity index (χ2n) is 4.70. The molecule has 0 fully saturated rings. The van der Waals surface area contributed by atoms with Gasteiger partial charge < -0.3 is 4.74 Å². The van der Waals surface area contributed by atoms with Gasteiger partial charge in [0.05, 0.1) is 0 Å². The van der Waals surface area contributed by atoms with Gasteiger partial charge in [0.15, 0.2) is 10.8 Å². The summed E-state index contributed by atoms with van der Waals surface area (Å²) in [5.41, 5.74) is 0.844. The number of benzene rings is 1. The summed E-state index contributed by atoms with van der Waals surface area (Å²) in [6, 6.07) is 9.61. The molecule has 8 heteroatoms. The van der Waals surface area contributed by atoms with E-state index < -0.39 is 0 Å². The quantitative estimate of drug-likeness (QED) is 0.576. The molecule has 0 unspecified atom stereocenters. The summed E-state index contributed by atoms with van der Waals surface area (Å²) in [5.74, 6) is 0.930. The predicted octanol–water partition coefficient (Wildman–Crippen LogP) is 2.97. The Hall–Kier alpha value is -2.87. The zero-order valence-corrected chi connectivity index (χ0v) is 12.6. The van der Waals surface area contributed by atoms with E-state index >= 15 is 0 Å². The normalized spacial score (nSPS) is 11.0. The molecule has 0 amide bonds. The van der Waals surface area contributed by atoms with Gasteiger partial charge in [0.25, 0.3) is 0 Å². The molecule has 0 radical (unpaired) electrons. The summed E-state index contributed by atoms with van der Waals surface area (Å²) in [6.07, 6.45) is 3.41. The lowest BCUT2D eigenvalue weighted by Crippen LogP contribution is -1.97. The largest absolute Gasteiger partial charge is 0.486 e. The molecule has 0 saturated heterocycles. The van der Waals surface area contributed by atoms with E-state index in [-0.39, 0.29) is 12.4 Å². The summed E-state index contributed by atoms with van der Waals surface area (Å²) in [7, 11) is 0. The van der Waals surface area contributed by atoms with E-state index in [1.165, 1.54) is 23.5 Å². The van der Waals surface area contributed by atoms with Gasteiger partial charge >= 0.3 is 0 Å². The standard InChI is InChI=1S/C15H10FN5OS/c16-11-3-5-12(6-4-11)22-9-13-20-21-14(18-19-15(21)23-13)10-2-1-7-17-8-10/h1-8H,9H2. The number of aromatic nitrogens is 5. The lowest BCUT2D eigenvalue weighted by atomic mass is 10.3. The molecule has 3 heterocycles. The van der Waals surface area contributed by atoms with E-state index in [0.717, 1.165) is 10.6 Å². The van der Waals surface area contributed by atoms with E-state index in [1.807, 2.05) is 12.1 Å². The van der Waals surface area contributed by atoms with Gasteiger partial charge in [-0.3, -0.25) is 4.98 Å². The zero-order valence-electron chi connectivity index (χ0n) is 11.8. The number of halogens is 1. The predicted molar refractivity (Wildman–Crippen MR) is 82.6 cm³/mol. The Labute approximate surface area is 134 Å². The molecule has 4 rings (SSSR count). The van der Waals surface area contributed by atoms with Crippen molar-refractivity contribution in [2.45, 2.75) is 6.61 Å². The molecule has 1 aromatic carbocycles. The van der Waals surface area contributed by atoms with E-state index in [2.05, 4.69) is 20.3 Å². The van der Waals surface area contributed by atoms with Gasteiger partial charge in [-0.1, -0.05) is 11.3 Å². The van der Waals surface area contributed by atoms with Gasteiger partial charge in [0.1, 0.15) is 18.2 Å². The van der Waals surface area contributed by atoms with Crippen molar-refractivity contribution in [3.8, 4) is 17.1 Å². The lowest BCUT2D eigenvalue weighted by molar-refractivity contribution is 0.303. The fraction of sp³-hybridized carbons (Fsp3) is 0.0667. The maximum Gasteiger partial charge on any atom is 0.235 e. The molecule has 3 aromatic heterocycles. The van der Waals surface area contributed by atoms with Crippen molar-refractivity contribution in [3.05, 3.63) is 59.6 Å². The summed E-state index contributed by atoms with van der Waals surface area (Å²) >= 11 is 1.39. The van der Waals surface area contributed by atoms with Crippen LogP contribution in [0.2, 0.25) is 0 Å². The third-order valence-electron chi connectivity index (χ3n) is 3.13.